The number of aromatic nitrogens is 4. The van der Waals surface area contributed by atoms with Gasteiger partial charge in [-0.25, -0.2) is 9.97 Å². The summed E-state index contributed by atoms with van der Waals surface area (Å²) >= 11 is 0. The fraction of sp³-hybridized carbons (Fsp3) is 0.0667. The Hall–Kier alpha value is -5.24. The number of para-hydroxylation sites is 4. The van der Waals surface area contributed by atoms with Crippen LogP contribution >= 0.6 is 0 Å². The van der Waals surface area contributed by atoms with Gasteiger partial charge >= 0.3 is 0 Å². The smallest absolute Gasteiger partial charge is 0.252 e. The van der Waals surface area contributed by atoms with Crippen LogP contribution in [0.25, 0.3) is 33.2 Å². The van der Waals surface area contributed by atoms with Gasteiger partial charge in [0.2, 0.25) is 0 Å². The normalized spacial score (nSPS) is 11.1. The van der Waals surface area contributed by atoms with Crippen molar-refractivity contribution in [3.63, 3.8) is 0 Å². The predicted octanol–water partition coefficient (Wildman–Crippen LogP) is 4.97. The number of H-pyrrole nitrogens is 2. The number of rotatable bonds is 7. The number of amides is 2. The molecule has 2 amide bonds. The van der Waals surface area contributed by atoms with Crippen molar-refractivity contribution in [2.24, 2.45) is 0 Å². The van der Waals surface area contributed by atoms with Gasteiger partial charge in [-0.2, -0.15) is 0 Å². The van der Waals surface area contributed by atoms with Gasteiger partial charge in [0.25, 0.3) is 11.8 Å². The van der Waals surface area contributed by atoms with Crippen LogP contribution in [0.5, 0.6) is 0 Å². The van der Waals surface area contributed by atoms with E-state index in [0.29, 0.717) is 33.9 Å². The van der Waals surface area contributed by atoms with Gasteiger partial charge in [-0.05, 0) is 47.5 Å². The number of carbonyl (C=O) groups excluding carboxylic acids is 2. The maximum absolute atomic E-state index is 13.2. The van der Waals surface area contributed by atoms with Crippen LogP contribution in [-0.2, 0) is 13.1 Å². The Kier molecular flexibility index (Phi) is 6.11. The molecule has 0 saturated carbocycles. The molecule has 0 aliphatic rings. The highest BCUT2D eigenvalue weighted by molar-refractivity contribution is 6.06. The first-order valence-electron chi connectivity index (χ1n) is 12.3. The summed E-state index contributed by atoms with van der Waals surface area (Å²) in [5.74, 6) is 0.835. The Morgan fingerprint density at radius 2 is 0.947 bits per heavy atom. The number of fused-ring (bicyclic) bond motifs is 2. The van der Waals surface area contributed by atoms with E-state index in [1.807, 2.05) is 84.9 Å². The van der Waals surface area contributed by atoms with Crippen LogP contribution in [-0.4, -0.2) is 31.8 Å². The zero-order valence-corrected chi connectivity index (χ0v) is 20.4. The van der Waals surface area contributed by atoms with Crippen LogP contribution in [0.4, 0.5) is 0 Å². The van der Waals surface area contributed by atoms with Crippen LogP contribution in [0.3, 0.4) is 0 Å². The van der Waals surface area contributed by atoms with Crippen molar-refractivity contribution in [2.45, 2.75) is 13.1 Å². The van der Waals surface area contributed by atoms with Crippen molar-refractivity contribution in [3.8, 4) is 11.1 Å². The molecule has 0 unspecified atom stereocenters. The molecular weight excluding hydrogens is 476 g/mol. The summed E-state index contributed by atoms with van der Waals surface area (Å²) in [6, 6.07) is 30.0. The van der Waals surface area contributed by atoms with E-state index >= 15 is 0 Å². The van der Waals surface area contributed by atoms with Gasteiger partial charge in [-0.1, -0.05) is 60.7 Å². The first-order chi connectivity index (χ1) is 18.7. The molecule has 6 aromatic rings. The number of hydrogen-bond acceptors (Lipinski definition) is 4. The minimum atomic E-state index is -0.251. The van der Waals surface area contributed by atoms with E-state index in [2.05, 4.69) is 30.6 Å². The minimum Gasteiger partial charge on any atom is -0.345 e. The van der Waals surface area contributed by atoms with Crippen molar-refractivity contribution in [3.05, 3.63) is 120 Å². The van der Waals surface area contributed by atoms with E-state index in [0.717, 1.165) is 22.1 Å². The fourth-order valence-electron chi connectivity index (χ4n) is 4.53. The predicted molar refractivity (Wildman–Crippen MR) is 146 cm³/mol. The molecule has 0 saturated heterocycles. The van der Waals surface area contributed by atoms with E-state index in [1.54, 1.807) is 12.1 Å². The monoisotopic (exact) mass is 500 g/mol. The topological polar surface area (TPSA) is 116 Å². The molecule has 8 heteroatoms. The third kappa shape index (κ3) is 4.62. The fourth-order valence-corrected chi connectivity index (χ4v) is 4.53. The number of nitrogens with zero attached hydrogens (tertiary/aromatic N) is 2. The lowest BCUT2D eigenvalue weighted by Crippen LogP contribution is -2.25. The van der Waals surface area contributed by atoms with Crippen molar-refractivity contribution in [2.75, 3.05) is 0 Å². The molecule has 0 aliphatic carbocycles. The molecule has 2 aromatic heterocycles. The second-order valence-corrected chi connectivity index (χ2v) is 8.86. The van der Waals surface area contributed by atoms with Crippen LogP contribution < -0.4 is 10.6 Å². The molecule has 0 fully saturated rings. The standard InChI is InChI=1S/C30H24N6O2/c37-29(31-17-27-33-23-13-5-6-14-24(23)34-27)21-11-3-1-9-19(21)20-10-2-4-12-22(20)30(38)32-18-28-35-25-15-7-8-16-26(25)36-28/h1-16H,17-18H2,(H,31,37)(H,32,38)(H,33,34)(H,35,36). The van der Waals surface area contributed by atoms with Crippen LogP contribution in [0, 0.1) is 0 Å². The summed E-state index contributed by atoms with van der Waals surface area (Å²) < 4.78 is 0. The summed E-state index contributed by atoms with van der Waals surface area (Å²) in [4.78, 5) is 42.0. The summed E-state index contributed by atoms with van der Waals surface area (Å²) in [7, 11) is 0. The third-order valence-corrected chi connectivity index (χ3v) is 6.34. The first-order valence-corrected chi connectivity index (χ1v) is 12.3. The lowest BCUT2D eigenvalue weighted by molar-refractivity contribution is 0.0940. The summed E-state index contributed by atoms with van der Waals surface area (Å²) in [5.41, 5.74) is 5.81. The van der Waals surface area contributed by atoms with Crippen molar-refractivity contribution < 1.29 is 9.59 Å². The molecule has 38 heavy (non-hydrogen) atoms. The summed E-state index contributed by atoms with van der Waals surface area (Å²) in [5, 5.41) is 5.90. The van der Waals surface area contributed by atoms with Gasteiger partial charge < -0.3 is 20.6 Å². The molecule has 186 valence electrons. The molecule has 0 atom stereocenters. The van der Waals surface area contributed by atoms with Crippen LogP contribution in [0.1, 0.15) is 32.4 Å². The molecule has 0 bridgehead atoms. The van der Waals surface area contributed by atoms with Gasteiger partial charge in [0, 0.05) is 11.1 Å². The second kappa shape index (κ2) is 10.0. The average Bonchev–Trinajstić information content (AvgIpc) is 3.58. The van der Waals surface area contributed by atoms with Crippen molar-refractivity contribution >= 4 is 33.9 Å². The zero-order chi connectivity index (χ0) is 25.9. The number of imidazole rings is 2. The van der Waals surface area contributed by atoms with E-state index < -0.39 is 0 Å². The number of hydrogen-bond donors (Lipinski definition) is 4. The highest BCUT2D eigenvalue weighted by atomic mass is 16.2. The van der Waals surface area contributed by atoms with Gasteiger partial charge in [0.1, 0.15) is 11.6 Å². The zero-order valence-electron chi connectivity index (χ0n) is 20.4. The van der Waals surface area contributed by atoms with Gasteiger partial charge in [0.15, 0.2) is 0 Å². The SMILES string of the molecule is O=C(NCc1nc2ccccc2[nH]1)c1ccccc1-c1ccccc1C(=O)NCc1nc2ccccc2[nH]1. The van der Waals surface area contributed by atoms with E-state index in [9.17, 15) is 9.59 Å². The maximum Gasteiger partial charge on any atom is 0.252 e. The molecule has 0 aliphatic heterocycles. The highest BCUT2D eigenvalue weighted by Gasteiger charge is 2.18. The van der Waals surface area contributed by atoms with Gasteiger partial charge in [-0.3, -0.25) is 9.59 Å². The average molecular weight is 501 g/mol. The van der Waals surface area contributed by atoms with E-state index in [4.69, 9.17) is 0 Å². The van der Waals surface area contributed by atoms with Crippen molar-refractivity contribution in [1.29, 1.82) is 0 Å². The Labute approximate surface area is 218 Å². The van der Waals surface area contributed by atoms with E-state index in [-0.39, 0.29) is 24.9 Å². The lowest BCUT2D eigenvalue weighted by Gasteiger charge is -2.14. The molecule has 2 heterocycles. The molecule has 4 aromatic carbocycles. The lowest BCUT2D eigenvalue weighted by atomic mass is 9.94. The van der Waals surface area contributed by atoms with Gasteiger partial charge in [-0.15, -0.1) is 0 Å². The Morgan fingerprint density at radius 1 is 0.553 bits per heavy atom. The number of benzene rings is 4. The quantitative estimate of drug-likeness (QED) is 0.248. The molecule has 6 rings (SSSR count). The van der Waals surface area contributed by atoms with Crippen LogP contribution in [0.15, 0.2) is 97.1 Å². The largest absolute Gasteiger partial charge is 0.345 e. The molecule has 8 nitrogen and oxygen atoms in total. The van der Waals surface area contributed by atoms with Gasteiger partial charge in [0.05, 0.1) is 35.2 Å². The number of nitrogens with one attached hydrogen (secondary N) is 4. The molecule has 0 radical (unpaired) electrons. The maximum atomic E-state index is 13.2. The highest BCUT2D eigenvalue weighted by Crippen LogP contribution is 2.27. The molecule has 4 N–H and O–H groups in total. The number of aromatic amines is 2. The number of carbonyl (C=O) groups is 2. The molecule has 0 spiro atoms. The summed E-state index contributed by atoms with van der Waals surface area (Å²) in [6.07, 6.45) is 0. The van der Waals surface area contributed by atoms with E-state index in [1.165, 1.54) is 0 Å². The molecular formula is C30H24N6O2. The Morgan fingerprint density at radius 3 is 1.39 bits per heavy atom. The third-order valence-electron chi connectivity index (χ3n) is 6.34. The minimum absolute atomic E-state index is 0.251. The Bertz CT molecular complexity index is 1590. The van der Waals surface area contributed by atoms with Crippen LogP contribution in [0.2, 0.25) is 0 Å². The first kappa shape index (κ1) is 23.2. The van der Waals surface area contributed by atoms with Crippen molar-refractivity contribution in [1.82, 2.24) is 30.6 Å². The summed E-state index contributed by atoms with van der Waals surface area (Å²) in [6.45, 7) is 0.503. The second-order valence-electron chi connectivity index (χ2n) is 8.86. The Balaban J connectivity index is 1.21.